The Labute approximate surface area is 128 Å². The minimum absolute atomic E-state index is 0.207. The van der Waals surface area contributed by atoms with Crippen molar-refractivity contribution in [1.29, 1.82) is 0 Å². The van der Waals surface area contributed by atoms with Crippen molar-refractivity contribution in [2.24, 2.45) is 0 Å². The number of aliphatic hydroxyl groups is 1. The summed E-state index contributed by atoms with van der Waals surface area (Å²) >= 11 is 0. The summed E-state index contributed by atoms with van der Waals surface area (Å²) in [5.41, 5.74) is -0.460. The average molecular weight is 309 g/mol. The van der Waals surface area contributed by atoms with Crippen molar-refractivity contribution in [3.63, 3.8) is 0 Å². The number of hydrogen-bond donors (Lipinski definition) is 2. The molecule has 1 aromatic carbocycles. The van der Waals surface area contributed by atoms with Gasteiger partial charge in [-0.3, -0.25) is 4.79 Å². The largest absolute Gasteiger partial charge is 0.391 e. The predicted molar refractivity (Wildman–Crippen MR) is 78.3 cm³/mol. The third-order valence-electron chi connectivity index (χ3n) is 5.10. The Morgan fingerprint density at radius 2 is 1.73 bits per heavy atom. The number of aliphatic hydroxyl groups excluding tert-OH is 1. The highest BCUT2D eigenvalue weighted by Crippen LogP contribution is 2.42. The number of halogens is 2. The smallest absolute Gasteiger partial charge is 0.230 e. The molecule has 0 aromatic heterocycles. The zero-order valence-electron chi connectivity index (χ0n) is 12.4. The molecule has 0 radical (unpaired) electrons. The van der Waals surface area contributed by atoms with Gasteiger partial charge >= 0.3 is 0 Å². The summed E-state index contributed by atoms with van der Waals surface area (Å²) in [5, 5.41) is 12.8. The van der Waals surface area contributed by atoms with E-state index in [9.17, 15) is 18.7 Å². The first kappa shape index (κ1) is 15.4. The third-order valence-corrected chi connectivity index (χ3v) is 5.10. The van der Waals surface area contributed by atoms with Crippen LogP contribution in [0.5, 0.6) is 0 Å². The Morgan fingerprint density at radius 3 is 2.27 bits per heavy atom. The fourth-order valence-corrected chi connectivity index (χ4v) is 3.87. The number of carbonyl (C=O) groups excluding carboxylic acids is 1. The van der Waals surface area contributed by atoms with Crippen LogP contribution in [0.1, 0.15) is 50.5 Å². The lowest BCUT2D eigenvalue weighted by molar-refractivity contribution is -0.128. The highest BCUT2D eigenvalue weighted by Gasteiger charge is 2.44. The molecule has 5 heteroatoms. The number of carbonyl (C=O) groups is 1. The molecule has 0 unspecified atom stereocenters. The van der Waals surface area contributed by atoms with Crippen LogP contribution in [-0.4, -0.2) is 23.2 Å². The van der Waals surface area contributed by atoms with Gasteiger partial charge in [0.2, 0.25) is 5.91 Å². The van der Waals surface area contributed by atoms with Gasteiger partial charge in [0.15, 0.2) is 0 Å². The molecule has 1 aromatic rings. The number of nitrogens with one attached hydrogen (secondary N) is 1. The van der Waals surface area contributed by atoms with Gasteiger partial charge in [-0.2, -0.15) is 0 Å². The van der Waals surface area contributed by atoms with Crippen LogP contribution >= 0.6 is 0 Å². The fraction of sp³-hybridized carbons (Fsp3) is 0.588. The van der Waals surface area contributed by atoms with E-state index in [2.05, 4.69) is 5.32 Å². The van der Waals surface area contributed by atoms with Gasteiger partial charge in [0, 0.05) is 6.07 Å². The Kier molecular flexibility index (Phi) is 4.17. The minimum Gasteiger partial charge on any atom is -0.391 e. The Hall–Kier alpha value is -1.49. The first-order valence-electron chi connectivity index (χ1n) is 7.97. The van der Waals surface area contributed by atoms with E-state index in [0.29, 0.717) is 24.8 Å². The molecule has 0 saturated heterocycles. The van der Waals surface area contributed by atoms with E-state index in [4.69, 9.17) is 0 Å². The summed E-state index contributed by atoms with van der Waals surface area (Å²) in [7, 11) is 0. The molecular formula is C17H21F2NO2. The SMILES string of the molecule is O=C(N[C@@H]1CCC[C@H]1O)C1(c2cc(F)cc(F)c2)CCCC1. The first-order valence-corrected chi connectivity index (χ1v) is 7.97. The molecule has 2 N–H and O–H groups in total. The zero-order valence-corrected chi connectivity index (χ0v) is 12.4. The topological polar surface area (TPSA) is 49.3 Å². The van der Waals surface area contributed by atoms with E-state index in [1.807, 2.05) is 0 Å². The number of benzene rings is 1. The lowest BCUT2D eigenvalue weighted by Crippen LogP contribution is -2.49. The van der Waals surface area contributed by atoms with Crippen molar-refractivity contribution < 1.29 is 18.7 Å². The van der Waals surface area contributed by atoms with Crippen LogP contribution in [0.4, 0.5) is 8.78 Å². The molecule has 0 aliphatic heterocycles. The van der Waals surface area contributed by atoms with Gasteiger partial charge in [0.25, 0.3) is 0 Å². The van der Waals surface area contributed by atoms with Gasteiger partial charge < -0.3 is 10.4 Å². The molecule has 2 saturated carbocycles. The van der Waals surface area contributed by atoms with Gasteiger partial charge in [-0.25, -0.2) is 8.78 Å². The van der Waals surface area contributed by atoms with Gasteiger partial charge in [-0.05, 0) is 49.8 Å². The summed E-state index contributed by atoms with van der Waals surface area (Å²) < 4.78 is 27.1. The van der Waals surface area contributed by atoms with Crippen LogP contribution in [0, 0.1) is 11.6 Å². The Bertz CT molecular complexity index is 550. The maximum atomic E-state index is 13.6. The zero-order chi connectivity index (χ0) is 15.7. The van der Waals surface area contributed by atoms with E-state index in [0.717, 1.165) is 31.7 Å². The van der Waals surface area contributed by atoms with Crippen LogP contribution in [0.15, 0.2) is 18.2 Å². The highest BCUT2D eigenvalue weighted by atomic mass is 19.1. The van der Waals surface area contributed by atoms with E-state index in [-0.39, 0.29) is 11.9 Å². The lowest BCUT2D eigenvalue weighted by atomic mass is 9.77. The van der Waals surface area contributed by atoms with Gasteiger partial charge in [-0.1, -0.05) is 12.8 Å². The van der Waals surface area contributed by atoms with E-state index in [1.54, 1.807) is 0 Å². The van der Waals surface area contributed by atoms with Crippen LogP contribution in [0.25, 0.3) is 0 Å². The number of hydrogen-bond acceptors (Lipinski definition) is 2. The van der Waals surface area contributed by atoms with E-state index < -0.39 is 23.2 Å². The second-order valence-electron chi connectivity index (χ2n) is 6.53. The van der Waals surface area contributed by atoms with Crippen LogP contribution < -0.4 is 5.32 Å². The summed E-state index contributed by atoms with van der Waals surface area (Å²) in [5.74, 6) is -1.52. The van der Waals surface area contributed by atoms with Gasteiger partial charge in [0.05, 0.1) is 17.6 Å². The standard InChI is InChI=1S/C17H21F2NO2/c18-12-8-11(9-13(19)10-12)17(6-1-2-7-17)16(22)20-14-4-3-5-15(14)21/h8-10,14-15,21H,1-7H2,(H,20,22)/t14-,15-/m1/s1. The van der Waals surface area contributed by atoms with Gasteiger partial charge in [0.1, 0.15) is 11.6 Å². The molecule has 22 heavy (non-hydrogen) atoms. The van der Waals surface area contributed by atoms with Crippen molar-refractivity contribution >= 4 is 5.91 Å². The van der Waals surface area contributed by atoms with Crippen LogP contribution in [0.3, 0.4) is 0 Å². The normalized spacial score (nSPS) is 27.0. The third kappa shape index (κ3) is 2.74. The molecule has 0 spiro atoms. The van der Waals surface area contributed by atoms with Crippen molar-refractivity contribution in [2.45, 2.75) is 62.5 Å². The maximum absolute atomic E-state index is 13.6. The molecule has 0 bridgehead atoms. The van der Waals surface area contributed by atoms with Crippen molar-refractivity contribution in [3.05, 3.63) is 35.4 Å². The molecule has 0 heterocycles. The Morgan fingerprint density at radius 1 is 1.09 bits per heavy atom. The summed E-state index contributed by atoms with van der Waals surface area (Å²) in [6, 6.07) is 3.10. The molecule has 2 aliphatic rings. The maximum Gasteiger partial charge on any atom is 0.230 e. The quantitative estimate of drug-likeness (QED) is 0.902. The predicted octanol–water partition coefficient (Wildman–Crippen LogP) is 2.81. The Balaban J connectivity index is 1.89. The second-order valence-corrected chi connectivity index (χ2v) is 6.53. The highest BCUT2D eigenvalue weighted by molar-refractivity contribution is 5.89. The number of rotatable bonds is 3. The van der Waals surface area contributed by atoms with Crippen molar-refractivity contribution in [2.75, 3.05) is 0 Å². The summed E-state index contributed by atoms with van der Waals surface area (Å²) in [4.78, 5) is 12.8. The molecule has 1 amide bonds. The second kappa shape index (κ2) is 5.95. The molecule has 3 nitrogen and oxygen atoms in total. The average Bonchev–Trinajstić information content (AvgIpc) is 3.08. The number of amides is 1. The van der Waals surface area contributed by atoms with Crippen molar-refractivity contribution in [1.82, 2.24) is 5.32 Å². The fourth-order valence-electron chi connectivity index (χ4n) is 3.87. The monoisotopic (exact) mass is 309 g/mol. The molecular weight excluding hydrogens is 288 g/mol. The lowest BCUT2D eigenvalue weighted by Gasteiger charge is -2.30. The molecule has 2 aliphatic carbocycles. The molecule has 2 atom stereocenters. The van der Waals surface area contributed by atoms with E-state index in [1.165, 1.54) is 12.1 Å². The van der Waals surface area contributed by atoms with Crippen molar-refractivity contribution in [3.8, 4) is 0 Å². The van der Waals surface area contributed by atoms with Crippen LogP contribution in [0.2, 0.25) is 0 Å². The minimum atomic E-state index is -0.870. The van der Waals surface area contributed by atoms with Gasteiger partial charge in [-0.15, -0.1) is 0 Å². The molecule has 3 rings (SSSR count). The molecule has 2 fully saturated rings. The summed E-state index contributed by atoms with van der Waals surface area (Å²) in [6.45, 7) is 0. The van der Waals surface area contributed by atoms with E-state index >= 15 is 0 Å². The molecule has 120 valence electrons. The first-order chi connectivity index (χ1) is 10.5. The van der Waals surface area contributed by atoms with Crippen LogP contribution in [-0.2, 0) is 10.2 Å². The summed E-state index contributed by atoms with van der Waals surface area (Å²) in [6.07, 6.45) is 4.69.